The Morgan fingerprint density at radius 1 is 0.727 bits per heavy atom. The summed E-state index contributed by atoms with van der Waals surface area (Å²) in [5.41, 5.74) is 6.71. The molecule has 33 heavy (non-hydrogen) atoms. The van der Waals surface area contributed by atoms with Crippen molar-refractivity contribution in [2.24, 2.45) is 0 Å². The van der Waals surface area contributed by atoms with E-state index in [2.05, 4.69) is 102 Å². The predicted molar refractivity (Wildman–Crippen MR) is 156 cm³/mol. The lowest BCUT2D eigenvalue weighted by atomic mass is 10.2. The Morgan fingerprint density at radius 2 is 1.21 bits per heavy atom. The lowest BCUT2D eigenvalue weighted by Crippen LogP contribution is -2.43. The Labute approximate surface area is 220 Å². The summed E-state index contributed by atoms with van der Waals surface area (Å²) in [6.07, 6.45) is 9.67. The highest BCUT2D eigenvalue weighted by molar-refractivity contribution is 14.1. The highest BCUT2D eigenvalue weighted by atomic mass is 127. The van der Waals surface area contributed by atoms with Gasteiger partial charge >= 0.3 is 0 Å². The lowest BCUT2D eigenvalue weighted by Gasteiger charge is -2.38. The normalized spacial score (nSPS) is 11.8. The molecule has 0 spiro atoms. The second kappa shape index (κ2) is 16.1. The van der Waals surface area contributed by atoms with Crippen LogP contribution in [0, 0.1) is 15.0 Å². The summed E-state index contributed by atoms with van der Waals surface area (Å²) < 4.78 is 13.6. The van der Waals surface area contributed by atoms with Gasteiger partial charge in [-0.15, -0.1) is 5.54 Å². The molecule has 0 atom stereocenters. The van der Waals surface area contributed by atoms with Crippen molar-refractivity contribution in [3.8, 4) is 23.0 Å². The van der Waals surface area contributed by atoms with Crippen molar-refractivity contribution in [3.05, 3.63) is 21.3 Å². The van der Waals surface area contributed by atoms with Gasteiger partial charge in [0.1, 0.15) is 19.6 Å². The van der Waals surface area contributed by atoms with Crippen LogP contribution in [0.2, 0.25) is 16.6 Å². The minimum absolute atomic E-state index is 0.613. The highest BCUT2D eigenvalue weighted by Crippen LogP contribution is 2.41. The van der Waals surface area contributed by atoms with E-state index in [1.54, 1.807) is 0 Å². The molecule has 0 fully saturated rings. The third-order valence-electron chi connectivity index (χ3n) is 6.82. The SMILES string of the molecule is CCCCCCOc1cc(C#C[Si](C(C)C)(C(C)C)C(C)C)c(OCCCCCC)cc1I. The maximum atomic E-state index is 6.28. The van der Waals surface area contributed by atoms with Crippen molar-refractivity contribution in [2.45, 2.75) is 123 Å². The summed E-state index contributed by atoms with van der Waals surface area (Å²) in [5.74, 6) is 5.49. The number of benzene rings is 1. The fraction of sp³-hybridized carbons (Fsp3) is 0.724. The molecule has 0 unspecified atom stereocenters. The molecule has 0 bridgehead atoms. The zero-order valence-electron chi connectivity index (χ0n) is 22.7. The summed E-state index contributed by atoms with van der Waals surface area (Å²) >= 11 is 2.38. The summed E-state index contributed by atoms with van der Waals surface area (Å²) in [5, 5.41) is 0. The summed E-state index contributed by atoms with van der Waals surface area (Å²) in [6.45, 7) is 20.2. The molecule has 0 heterocycles. The van der Waals surface area contributed by atoms with Crippen LogP contribution in [0.3, 0.4) is 0 Å². The van der Waals surface area contributed by atoms with Crippen LogP contribution in [0.5, 0.6) is 11.5 Å². The molecule has 188 valence electrons. The van der Waals surface area contributed by atoms with Crippen molar-refractivity contribution in [1.82, 2.24) is 0 Å². The topological polar surface area (TPSA) is 18.5 Å². The molecule has 4 heteroatoms. The molecule has 0 aromatic heterocycles. The van der Waals surface area contributed by atoms with E-state index >= 15 is 0 Å². The van der Waals surface area contributed by atoms with Crippen LogP contribution in [-0.4, -0.2) is 21.3 Å². The smallest absolute Gasteiger partial charge is 0.146 e. The van der Waals surface area contributed by atoms with Crippen molar-refractivity contribution in [2.75, 3.05) is 13.2 Å². The van der Waals surface area contributed by atoms with Crippen LogP contribution >= 0.6 is 22.6 Å². The number of rotatable bonds is 15. The second-order valence-corrected chi connectivity index (χ2v) is 17.0. The van der Waals surface area contributed by atoms with Gasteiger partial charge in [0, 0.05) is 6.07 Å². The van der Waals surface area contributed by atoms with Crippen LogP contribution in [-0.2, 0) is 0 Å². The predicted octanol–water partition coefficient (Wildman–Crippen LogP) is 9.78. The quantitative estimate of drug-likeness (QED) is 0.0884. The van der Waals surface area contributed by atoms with Gasteiger partial charge < -0.3 is 9.47 Å². The number of hydrogen-bond acceptors (Lipinski definition) is 2. The van der Waals surface area contributed by atoms with E-state index < -0.39 is 8.07 Å². The van der Waals surface area contributed by atoms with E-state index in [-0.39, 0.29) is 0 Å². The number of unbranched alkanes of at least 4 members (excludes halogenated alkanes) is 6. The van der Waals surface area contributed by atoms with Gasteiger partial charge in [-0.1, -0.05) is 99.8 Å². The zero-order chi connectivity index (χ0) is 24.9. The van der Waals surface area contributed by atoms with E-state index in [9.17, 15) is 0 Å². The molecule has 0 saturated heterocycles. The van der Waals surface area contributed by atoms with Crippen LogP contribution in [0.1, 0.15) is 112 Å². The minimum atomic E-state index is -1.81. The molecule has 0 radical (unpaired) electrons. The Kier molecular flexibility index (Phi) is 14.8. The molecule has 1 rings (SSSR count). The lowest BCUT2D eigenvalue weighted by molar-refractivity contribution is 0.294. The van der Waals surface area contributed by atoms with E-state index in [0.29, 0.717) is 16.6 Å². The molecular formula is C29H49IO2Si. The molecule has 1 aromatic carbocycles. The fourth-order valence-corrected chi connectivity index (χ4v) is 10.7. The average molecular weight is 585 g/mol. The summed E-state index contributed by atoms with van der Waals surface area (Å²) in [7, 11) is -1.81. The monoisotopic (exact) mass is 584 g/mol. The molecule has 0 N–H and O–H groups in total. The van der Waals surface area contributed by atoms with Crippen LogP contribution in [0.15, 0.2) is 12.1 Å². The minimum Gasteiger partial charge on any atom is -0.492 e. The molecule has 0 saturated carbocycles. The van der Waals surface area contributed by atoms with Crippen LogP contribution in [0.4, 0.5) is 0 Å². The highest BCUT2D eigenvalue weighted by Gasteiger charge is 2.41. The van der Waals surface area contributed by atoms with Crippen LogP contribution in [0.25, 0.3) is 0 Å². The van der Waals surface area contributed by atoms with Gasteiger partial charge in [-0.2, -0.15) is 0 Å². The standard InChI is InChI=1S/C29H49IO2Si/c1-9-11-13-15-18-31-28-22-27(30)29(32-19-16-14-12-10-2)21-26(28)17-20-33(23(3)4,24(5)6)25(7)8/h21-25H,9-16,18-19H2,1-8H3. The van der Waals surface area contributed by atoms with Crippen molar-refractivity contribution >= 4 is 30.7 Å². The Morgan fingerprint density at radius 3 is 1.67 bits per heavy atom. The third-order valence-corrected chi connectivity index (χ3v) is 14.0. The Balaban J connectivity index is 3.25. The molecule has 0 aliphatic heterocycles. The largest absolute Gasteiger partial charge is 0.492 e. The van der Waals surface area contributed by atoms with Gasteiger partial charge in [-0.3, -0.25) is 0 Å². The first-order chi connectivity index (χ1) is 15.7. The van der Waals surface area contributed by atoms with Gasteiger partial charge in [0.05, 0.1) is 22.3 Å². The number of ether oxygens (including phenoxy) is 2. The molecule has 1 aromatic rings. The summed E-state index contributed by atoms with van der Waals surface area (Å²) in [4.78, 5) is 0. The maximum absolute atomic E-state index is 6.28. The third kappa shape index (κ3) is 9.47. The molecule has 0 amide bonds. The van der Waals surface area contributed by atoms with Gasteiger partial charge in [-0.25, -0.2) is 0 Å². The maximum Gasteiger partial charge on any atom is 0.146 e. The van der Waals surface area contributed by atoms with E-state index in [1.165, 1.54) is 38.5 Å². The first kappa shape index (κ1) is 30.4. The second-order valence-electron chi connectivity index (χ2n) is 10.2. The Bertz CT molecular complexity index is 724. The molecule has 0 aliphatic carbocycles. The number of hydrogen-bond donors (Lipinski definition) is 0. The van der Waals surface area contributed by atoms with Crippen molar-refractivity contribution in [3.63, 3.8) is 0 Å². The molecule has 0 aliphatic rings. The van der Waals surface area contributed by atoms with E-state index in [1.807, 2.05) is 0 Å². The first-order valence-corrected chi connectivity index (χ1v) is 16.6. The first-order valence-electron chi connectivity index (χ1n) is 13.3. The van der Waals surface area contributed by atoms with Gasteiger partial charge in [0.2, 0.25) is 0 Å². The van der Waals surface area contributed by atoms with Gasteiger partial charge in [0.25, 0.3) is 0 Å². The van der Waals surface area contributed by atoms with Gasteiger partial charge in [0.15, 0.2) is 0 Å². The average Bonchev–Trinajstić information content (AvgIpc) is 2.75. The van der Waals surface area contributed by atoms with E-state index in [0.717, 1.165) is 46.7 Å². The van der Waals surface area contributed by atoms with Crippen LogP contribution < -0.4 is 9.47 Å². The van der Waals surface area contributed by atoms with E-state index in [4.69, 9.17) is 9.47 Å². The zero-order valence-corrected chi connectivity index (χ0v) is 25.8. The van der Waals surface area contributed by atoms with Gasteiger partial charge in [-0.05, 0) is 58.1 Å². The molecular weight excluding hydrogens is 535 g/mol. The Hall–Kier alpha value is -0.673. The number of halogens is 1. The summed E-state index contributed by atoms with van der Waals surface area (Å²) in [6, 6.07) is 4.27. The van der Waals surface area contributed by atoms with Crippen molar-refractivity contribution < 1.29 is 9.47 Å². The fourth-order valence-electron chi connectivity index (χ4n) is 4.89. The molecule has 2 nitrogen and oxygen atoms in total. The van der Waals surface area contributed by atoms with Crippen molar-refractivity contribution in [1.29, 1.82) is 0 Å².